The predicted molar refractivity (Wildman–Crippen MR) is 69.8 cm³/mol. The summed E-state index contributed by atoms with van der Waals surface area (Å²) in [6.07, 6.45) is 2.81. The molecule has 1 amide bonds. The first-order valence-corrected chi connectivity index (χ1v) is 6.13. The van der Waals surface area contributed by atoms with Crippen LogP contribution in [0.1, 0.15) is 19.0 Å². The second-order valence-electron chi connectivity index (χ2n) is 4.72. The summed E-state index contributed by atoms with van der Waals surface area (Å²) in [5, 5.41) is 2.70. The van der Waals surface area contributed by atoms with E-state index >= 15 is 0 Å². The highest BCUT2D eigenvalue weighted by molar-refractivity contribution is 5.88. The van der Waals surface area contributed by atoms with E-state index in [-0.39, 0.29) is 5.91 Å². The van der Waals surface area contributed by atoms with Crippen molar-refractivity contribution in [2.75, 3.05) is 25.5 Å². The van der Waals surface area contributed by atoms with Crippen molar-refractivity contribution in [3.05, 3.63) is 18.0 Å². The molecule has 0 aromatic carbocycles. The molecule has 2 heterocycles. The number of aryl methyl sites for hydroxylation is 1. The number of pyridine rings is 1. The van der Waals surface area contributed by atoms with Gasteiger partial charge in [0.25, 0.3) is 0 Å². The molecule has 5 heteroatoms. The fourth-order valence-corrected chi connectivity index (χ4v) is 1.90. The second-order valence-corrected chi connectivity index (χ2v) is 4.72. The standard InChI is InChI=1S/C13H19N3O2/c1-9-13(18-8-12-4-5-16(12)3)6-11(7-14-9)15-10(2)17/h6-7,12H,4-5,8H2,1-3H3,(H,15,17)/t12-/m0/s1. The number of rotatable bonds is 4. The third-order valence-electron chi connectivity index (χ3n) is 3.23. The Kier molecular flexibility index (Phi) is 3.81. The van der Waals surface area contributed by atoms with Gasteiger partial charge in [0.15, 0.2) is 0 Å². The normalized spacial score (nSPS) is 19.2. The minimum atomic E-state index is -0.106. The van der Waals surface area contributed by atoms with Crippen LogP contribution in [0.5, 0.6) is 5.75 Å². The summed E-state index contributed by atoms with van der Waals surface area (Å²) in [6.45, 7) is 5.18. The number of nitrogens with one attached hydrogen (secondary N) is 1. The molecule has 0 aliphatic carbocycles. The van der Waals surface area contributed by atoms with Gasteiger partial charge in [0.1, 0.15) is 12.4 Å². The maximum atomic E-state index is 11.0. The number of hydrogen-bond donors (Lipinski definition) is 1. The maximum Gasteiger partial charge on any atom is 0.221 e. The molecule has 0 spiro atoms. The SMILES string of the molecule is CC(=O)Nc1cnc(C)c(OC[C@@H]2CCN2C)c1. The van der Waals surface area contributed by atoms with Crippen LogP contribution in [0.25, 0.3) is 0 Å². The van der Waals surface area contributed by atoms with Crippen molar-refractivity contribution in [3.8, 4) is 5.75 Å². The van der Waals surface area contributed by atoms with Gasteiger partial charge in [0.05, 0.1) is 17.6 Å². The highest BCUT2D eigenvalue weighted by Crippen LogP contribution is 2.22. The van der Waals surface area contributed by atoms with Crippen molar-refractivity contribution in [1.82, 2.24) is 9.88 Å². The third-order valence-corrected chi connectivity index (χ3v) is 3.23. The lowest BCUT2D eigenvalue weighted by molar-refractivity contribution is -0.114. The van der Waals surface area contributed by atoms with Gasteiger partial charge >= 0.3 is 0 Å². The van der Waals surface area contributed by atoms with Crippen LogP contribution in [0, 0.1) is 6.92 Å². The number of likely N-dealkylation sites (N-methyl/N-ethyl adjacent to an activating group) is 1. The number of ether oxygens (including phenoxy) is 1. The highest BCUT2D eigenvalue weighted by atomic mass is 16.5. The number of amides is 1. The van der Waals surface area contributed by atoms with Crippen LogP contribution in [0.2, 0.25) is 0 Å². The van der Waals surface area contributed by atoms with Crippen molar-refractivity contribution in [1.29, 1.82) is 0 Å². The topological polar surface area (TPSA) is 54.5 Å². The van der Waals surface area contributed by atoms with Crippen molar-refractivity contribution in [3.63, 3.8) is 0 Å². The molecule has 1 aliphatic rings. The molecule has 0 bridgehead atoms. The number of nitrogens with zero attached hydrogens (tertiary/aromatic N) is 2. The van der Waals surface area contributed by atoms with Crippen LogP contribution in [0.3, 0.4) is 0 Å². The lowest BCUT2D eigenvalue weighted by Crippen LogP contribution is -2.48. The zero-order valence-corrected chi connectivity index (χ0v) is 11.1. The molecule has 1 atom stereocenters. The summed E-state index contributed by atoms with van der Waals surface area (Å²) < 4.78 is 5.78. The minimum Gasteiger partial charge on any atom is -0.490 e. The van der Waals surface area contributed by atoms with E-state index in [4.69, 9.17) is 4.74 Å². The summed E-state index contributed by atoms with van der Waals surface area (Å²) in [5.74, 6) is 0.631. The lowest BCUT2D eigenvalue weighted by atomic mass is 10.1. The molecule has 0 radical (unpaired) electrons. The Balaban J connectivity index is 1.99. The average molecular weight is 249 g/mol. The summed E-state index contributed by atoms with van der Waals surface area (Å²) in [6, 6.07) is 2.32. The summed E-state index contributed by atoms with van der Waals surface area (Å²) in [7, 11) is 2.09. The molecule has 5 nitrogen and oxygen atoms in total. The average Bonchev–Trinajstić information content (AvgIpc) is 2.30. The Morgan fingerprint density at radius 2 is 2.44 bits per heavy atom. The smallest absolute Gasteiger partial charge is 0.221 e. The van der Waals surface area contributed by atoms with Crippen LogP contribution in [-0.4, -0.2) is 42.0 Å². The van der Waals surface area contributed by atoms with Gasteiger partial charge in [0.2, 0.25) is 5.91 Å². The molecule has 1 N–H and O–H groups in total. The van der Waals surface area contributed by atoms with Crippen molar-refractivity contribution >= 4 is 11.6 Å². The maximum absolute atomic E-state index is 11.0. The Morgan fingerprint density at radius 1 is 1.67 bits per heavy atom. The molecule has 2 rings (SSSR count). The zero-order chi connectivity index (χ0) is 13.1. The Bertz CT molecular complexity index is 448. The predicted octanol–water partition coefficient (Wildman–Crippen LogP) is 1.43. The van der Waals surface area contributed by atoms with Crippen molar-refractivity contribution in [2.24, 2.45) is 0 Å². The molecular formula is C13H19N3O2. The van der Waals surface area contributed by atoms with Gasteiger partial charge < -0.3 is 10.1 Å². The summed E-state index contributed by atoms with van der Waals surface area (Å²) in [4.78, 5) is 17.5. The quantitative estimate of drug-likeness (QED) is 0.877. The van der Waals surface area contributed by atoms with E-state index in [1.54, 1.807) is 6.20 Å². The summed E-state index contributed by atoms with van der Waals surface area (Å²) >= 11 is 0. The molecule has 98 valence electrons. The molecule has 1 aromatic heterocycles. The van der Waals surface area contributed by atoms with Crippen LogP contribution in [-0.2, 0) is 4.79 Å². The van der Waals surface area contributed by atoms with Gasteiger partial charge in [0, 0.05) is 19.0 Å². The van der Waals surface area contributed by atoms with Gasteiger partial charge in [-0.2, -0.15) is 0 Å². The monoisotopic (exact) mass is 249 g/mol. The van der Waals surface area contributed by atoms with Crippen molar-refractivity contribution in [2.45, 2.75) is 26.3 Å². The summed E-state index contributed by atoms with van der Waals surface area (Å²) in [5.41, 5.74) is 1.51. The zero-order valence-electron chi connectivity index (χ0n) is 11.1. The number of aromatic nitrogens is 1. The van der Waals surface area contributed by atoms with Gasteiger partial charge in [-0.25, -0.2) is 0 Å². The van der Waals surface area contributed by atoms with Gasteiger partial charge in [-0.05, 0) is 26.9 Å². The molecule has 0 saturated carbocycles. The molecule has 0 unspecified atom stereocenters. The Morgan fingerprint density at radius 3 is 3.00 bits per heavy atom. The number of hydrogen-bond acceptors (Lipinski definition) is 4. The number of likely N-dealkylation sites (tertiary alicyclic amines) is 1. The van der Waals surface area contributed by atoms with E-state index in [0.717, 1.165) is 18.0 Å². The van der Waals surface area contributed by atoms with E-state index in [2.05, 4.69) is 22.2 Å². The number of carbonyl (C=O) groups excluding carboxylic acids is 1. The molecule has 18 heavy (non-hydrogen) atoms. The number of carbonyl (C=O) groups is 1. The molecule has 1 saturated heterocycles. The van der Waals surface area contributed by atoms with E-state index in [0.29, 0.717) is 18.3 Å². The van der Waals surface area contributed by atoms with E-state index in [9.17, 15) is 4.79 Å². The van der Waals surface area contributed by atoms with Gasteiger partial charge in [-0.1, -0.05) is 0 Å². The van der Waals surface area contributed by atoms with Crippen LogP contribution < -0.4 is 10.1 Å². The van der Waals surface area contributed by atoms with Crippen LogP contribution in [0.15, 0.2) is 12.3 Å². The first-order valence-electron chi connectivity index (χ1n) is 6.13. The fourth-order valence-electron chi connectivity index (χ4n) is 1.90. The van der Waals surface area contributed by atoms with Crippen LogP contribution >= 0.6 is 0 Å². The third kappa shape index (κ3) is 2.98. The number of anilines is 1. The Labute approximate surface area is 107 Å². The molecule has 1 aromatic rings. The largest absolute Gasteiger partial charge is 0.490 e. The van der Waals surface area contributed by atoms with E-state index in [1.807, 2.05) is 13.0 Å². The van der Waals surface area contributed by atoms with E-state index < -0.39 is 0 Å². The molecule has 1 aliphatic heterocycles. The lowest BCUT2D eigenvalue weighted by Gasteiger charge is -2.37. The minimum absolute atomic E-state index is 0.106. The van der Waals surface area contributed by atoms with Crippen molar-refractivity contribution < 1.29 is 9.53 Å². The fraction of sp³-hybridized carbons (Fsp3) is 0.538. The first kappa shape index (κ1) is 12.8. The second kappa shape index (κ2) is 5.35. The molecular weight excluding hydrogens is 230 g/mol. The van der Waals surface area contributed by atoms with E-state index in [1.165, 1.54) is 13.3 Å². The van der Waals surface area contributed by atoms with Gasteiger partial charge in [-0.15, -0.1) is 0 Å². The van der Waals surface area contributed by atoms with Crippen LogP contribution in [0.4, 0.5) is 5.69 Å². The van der Waals surface area contributed by atoms with Gasteiger partial charge in [-0.3, -0.25) is 14.7 Å². The first-order chi connectivity index (χ1) is 8.56. The molecule has 1 fully saturated rings. The Hall–Kier alpha value is -1.62. The highest BCUT2D eigenvalue weighted by Gasteiger charge is 2.24.